The molecule has 1 amide bonds. The molecular weight excluding hydrogens is 276 g/mol. The number of halogens is 1. The number of aromatic nitrogens is 2. The second-order valence-electron chi connectivity index (χ2n) is 4.84. The van der Waals surface area contributed by atoms with Crippen molar-refractivity contribution in [3.8, 4) is 0 Å². The summed E-state index contributed by atoms with van der Waals surface area (Å²) in [4.78, 5) is 16.7. The van der Waals surface area contributed by atoms with Crippen molar-refractivity contribution >= 4 is 23.2 Å². The Morgan fingerprint density at radius 1 is 1.50 bits per heavy atom. The number of para-hydroxylation sites is 1. The molecule has 2 aromatic rings. The van der Waals surface area contributed by atoms with Gasteiger partial charge in [0.1, 0.15) is 11.5 Å². The van der Waals surface area contributed by atoms with Crippen LogP contribution in [0.4, 0.5) is 5.69 Å². The Labute approximate surface area is 122 Å². The fourth-order valence-electron chi connectivity index (χ4n) is 2.42. The molecule has 6 heteroatoms. The van der Waals surface area contributed by atoms with Crippen molar-refractivity contribution in [1.29, 1.82) is 0 Å². The molecule has 3 rings (SSSR count). The number of amides is 1. The number of hydrogen-bond donors (Lipinski definition) is 2. The number of rotatable bonds is 2. The average Bonchev–Trinajstić information content (AvgIpc) is 2.87. The highest BCUT2D eigenvalue weighted by Gasteiger charge is 2.23. The normalized spacial score (nSPS) is 17.6. The summed E-state index contributed by atoms with van der Waals surface area (Å²) in [7, 11) is 0. The lowest BCUT2D eigenvalue weighted by Crippen LogP contribution is -2.33. The van der Waals surface area contributed by atoms with Gasteiger partial charge < -0.3 is 15.2 Å². The standard InChI is InChI=1S/C14H15ClN4O/c1-9-6-16-8-13-17-7-12(19(9)13)14(20)18-11-5-3-2-4-10(11)15/h2-5,7,9,16H,6,8H2,1H3,(H,18,20)/t9-/m0/s1. The first kappa shape index (κ1) is 13.1. The second kappa shape index (κ2) is 5.26. The van der Waals surface area contributed by atoms with Crippen LogP contribution in [0.1, 0.15) is 29.3 Å². The van der Waals surface area contributed by atoms with E-state index >= 15 is 0 Å². The van der Waals surface area contributed by atoms with Gasteiger partial charge in [-0.3, -0.25) is 4.79 Å². The van der Waals surface area contributed by atoms with Crippen molar-refractivity contribution in [3.05, 3.63) is 47.0 Å². The zero-order valence-corrected chi connectivity index (χ0v) is 11.8. The first-order chi connectivity index (χ1) is 9.66. The SMILES string of the molecule is C[C@H]1CNCc2ncc(C(=O)Nc3ccccc3Cl)n21. The molecule has 0 unspecified atom stereocenters. The summed E-state index contributed by atoms with van der Waals surface area (Å²) in [6, 6.07) is 7.38. The Balaban J connectivity index is 1.89. The Bertz CT molecular complexity index is 652. The molecule has 0 aliphatic carbocycles. The van der Waals surface area contributed by atoms with Gasteiger partial charge >= 0.3 is 0 Å². The first-order valence-electron chi connectivity index (χ1n) is 6.49. The van der Waals surface area contributed by atoms with E-state index in [-0.39, 0.29) is 11.9 Å². The molecule has 2 N–H and O–H groups in total. The Kier molecular flexibility index (Phi) is 3.46. The molecule has 1 aliphatic heterocycles. The predicted octanol–water partition coefficient (Wildman–Crippen LogP) is 2.45. The minimum atomic E-state index is -0.189. The smallest absolute Gasteiger partial charge is 0.273 e. The fourth-order valence-corrected chi connectivity index (χ4v) is 2.61. The fraction of sp³-hybridized carbons (Fsp3) is 0.286. The summed E-state index contributed by atoms with van der Waals surface area (Å²) < 4.78 is 1.97. The quantitative estimate of drug-likeness (QED) is 0.893. The maximum Gasteiger partial charge on any atom is 0.273 e. The zero-order valence-electron chi connectivity index (χ0n) is 11.1. The lowest BCUT2D eigenvalue weighted by atomic mass is 10.2. The van der Waals surface area contributed by atoms with Crippen molar-refractivity contribution in [2.24, 2.45) is 0 Å². The summed E-state index contributed by atoms with van der Waals surface area (Å²) in [5, 5.41) is 6.62. The van der Waals surface area contributed by atoms with Crippen LogP contribution in [0.25, 0.3) is 0 Å². The summed E-state index contributed by atoms with van der Waals surface area (Å²) in [5.74, 6) is 0.693. The third-order valence-electron chi connectivity index (χ3n) is 3.39. The van der Waals surface area contributed by atoms with Gasteiger partial charge in [0.05, 0.1) is 23.5 Å². The zero-order chi connectivity index (χ0) is 14.1. The van der Waals surface area contributed by atoms with E-state index in [2.05, 4.69) is 22.5 Å². The van der Waals surface area contributed by atoms with Gasteiger partial charge in [0.15, 0.2) is 0 Å². The molecule has 104 valence electrons. The number of imidazole rings is 1. The lowest BCUT2D eigenvalue weighted by molar-refractivity contribution is 0.101. The van der Waals surface area contributed by atoms with Crippen LogP contribution >= 0.6 is 11.6 Å². The third-order valence-corrected chi connectivity index (χ3v) is 3.72. The molecule has 1 atom stereocenters. The molecule has 1 aromatic carbocycles. The monoisotopic (exact) mass is 290 g/mol. The van der Waals surface area contributed by atoms with Crippen molar-refractivity contribution in [2.45, 2.75) is 19.5 Å². The maximum absolute atomic E-state index is 12.4. The van der Waals surface area contributed by atoms with E-state index in [4.69, 9.17) is 11.6 Å². The maximum atomic E-state index is 12.4. The van der Waals surface area contributed by atoms with Crippen molar-refractivity contribution in [2.75, 3.05) is 11.9 Å². The highest BCUT2D eigenvalue weighted by Crippen LogP contribution is 2.23. The van der Waals surface area contributed by atoms with Gasteiger partial charge in [-0.2, -0.15) is 0 Å². The first-order valence-corrected chi connectivity index (χ1v) is 6.87. The molecule has 0 saturated carbocycles. The third kappa shape index (κ3) is 2.30. The number of benzene rings is 1. The van der Waals surface area contributed by atoms with Crippen molar-refractivity contribution in [3.63, 3.8) is 0 Å². The Morgan fingerprint density at radius 3 is 3.10 bits per heavy atom. The molecule has 20 heavy (non-hydrogen) atoms. The molecule has 0 bridgehead atoms. The second-order valence-corrected chi connectivity index (χ2v) is 5.25. The predicted molar refractivity (Wildman–Crippen MR) is 78.0 cm³/mol. The summed E-state index contributed by atoms with van der Waals surface area (Å²) >= 11 is 6.05. The van der Waals surface area contributed by atoms with Crippen LogP contribution in [0.5, 0.6) is 0 Å². The van der Waals surface area contributed by atoms with Gasteiger partial charge in [-0.25, -0.2) is 4.98 Å². The van der Waals surface area contributed by atoms with E-state index in [0.717, 1.165) is 12.4 Å². The summed E-state index contributed by atoms with van der Waals surface area (Å²) in [6.45, 7) is 3.57. The van der Waals surface area contributed by atoms with Crippen LogP contribution in [0, 0.1) is 0 Å². The minimum Gasteiger partial charge on any atom is -0.319 e. The largest absolute Gasteiger partial charge is 0.319 e. The number of anilines is 1. The molecule has 0 saturated heterocycles. The van der Waals surface area contributed by atoms with E-state index in [9.17, 15) is 4.79 Å². The van der Waals surface area contributed by atoms with E-state index in [0.29, 0.717) is 22.9 Å². The highest BCUT2D eigenvalue weighted by molar-refractivity contribution is 6.33. The minimum absolute atomic E-state index is 0.189. The van der Waals surface area contributed by atoms with Crippen LogP contribution < -0.4 is 10.6 Å². The van der Waals surface area contributed by atoms with Crippen molar-refractivity contribution < 1.29 is 4.79 Å². The molecule has 2 heterocycles. The van der Waals surface area contributed by atoms with Gasteiger partial charge in [0.25, 0.3) is 5.91 Å². The van der Waals surface area contributed by atoms with Crippen molar-refractivity contribution in [1.82, 2.24) is 14.9 Å². The highest BCUT2D eigenvalue weighted by atomic mass is 35.5. The number of carbonyl (C=O) groups is 1. The summed E-state index contributed by atoms with van der Waals surface area (Å²) in [6.07, 6.45) is 1.62. The van der Waals surface area contributed by atoms with Gasteiger partial charge in [0.2, 0.25) is 0 Å². The molecular formula is C14H15ClN4O. The molecule has 0 spiro atoms. The van der Waals surface area contributed by atoms with Crippen LogP contribution in [-0.2, 0) is 6.54 Å². The average molecular weight is 291 g/mol. The molecule has 0 fully saturated rings. The van der Waals surface area contributed by atoms with Crippen LogP contribution in [0.2, 0.25) is 5.02 Å². The van der Waals surface area contributed by atoms with Gasteiger partial charge in [-0.05, 0) is 19.1 Å². The number of nitrogens with one attached hydrogen (secondary N) is 2. The number of hydrogen-bond acceptors (Lipinski definition) is 3. The number of nitrogens with zero attached hydrogens (tertiary/aromatic N) is 2. The molecule has 1 aromatic heterocycles. The van der Waals surface area contributed by atoms with E-state index in [1.54, 1.807) is 18.3 Å². The molecule has 5 nitrogen and oxygen atoms in total. The number of fused-ring (bicyclic) bond motifs is 1. The molecule has 0 radical (unpaired) electrons. The van der Waals surface area contributed by atoms with Gasteiger partial charge in [0, 0.05) is 12.6 Å². The van der Waals surface area contributed by atoms with Crippen LogP contribution in [-0.4, -0.2) is 22.0 Å². The summed E-state index contributed by atoms with van der Waals surface area (Å²) in [5.41, 5.74) is 1.17. The topological polar surface area (TPSA) is 59.0 Å². The van der Waals surface area contributed by atoms with E-state index in [1.807, 2.05) is 16.7 Å². The Hall–Kier alpha value is -1.85. The molecule has 1 aliphatic rings. The van der Waals surface area contributed by atoms with Gasteiger partial charge in [-0.1, -0.05) is 23.7 Å². The lowest BCUT2D eigenvalue weighted by Gasteiger charge is -2.24. The number of carbonyl (C=O) groups excluding carboxylic acids is 1. The van der Waals surface area contributed by atoms with E-state index < -0.39 is 0 Å². The van der Waals surface area contributed by atoms with Crippen LogP contribution in [0.3, 0.4) is 0 Å². The Morgan fingerprint density at radius 2 is 2.30 bits per heavy atom. The van der Waals surface area contributed by atoms with Gasteiger partial charge in [-0.15, -0.1) is 0 Å². The van der Waals surface area contributed by atoms with Crippen LogP contribution in [0.15, 0.2) is 30.5 Å². The van der Waals surface area contributed by atoms with E-state index in [1.165, 1.54) is 0 Å².